The van der Waals surface area contributed by atoms with E-state index in [9.17, 15) is 9.59 Å². The number of ether oxygens (including phenoxy) is 2. The van der Waals surface area contributed by atoms with E-state index in [0.29, 0.717) is 17.3 Å². The number of rotatable bonds is 7. The van der Waals surface area contributed by atoms with E-state index in [4.69, 9.17) is 26.8 Å². The molecule has 2 amide bonds. The van der Waals surface area contributed by atoms with Gasteiger partial charge >= 0.3 is 0 Å². The average Bonchev–Trinajstić information content (AvgIpc) is 2.57. The zero-order valence-electron chi connectivity index (χ0n) is 13.0. The number of carbonyl (C=O) groups excluding carboxylic acids is 2. The summed E-state index contributed by atoms with van der Waals surface area (Å²) in [4.78, 5) is 23.3. The van der Waals surface area contributed by atoms with Gasteiger partial charge in [-0.2, -0.15) is 0 Å². The Bertz CT molecular complexity index is 749. The fraction of sp³-hybridized carbons (Fsp3) is 0.176. The molecule has 0 bridgehead atoms. The molecule has 0 aliphatic carbocycles. The zero-order valence-corrected chi connectivity index (χ0v) is 13.8. The second kappa shape index (κ2) is 8.21. The molecule has 3 N–H and O–H groups in total. The van der Waals surface area contributed by atoms with Gasteiger partial charge in [0.2, 0.25) is 0 Å². The Morgan fingerprint density at radius 2 is 2.00 bits per heavy atom. The van der Waals surface area contributed by atoms with Crippen molar-refractivity contribution in [1.82, 2.24) is 5.32 Å². The van der Waals surface area contributed by atoms with Crippen LogP contribution in [-0.4, -0.2) is 25.5 Å². The van der Waals surface area contributed by atoms with Gasteiger partial charge < -0.3 is 20.5 Å². The molecule has 7 heteroatoms. The Labute approximate surface area is 144 Å². The number of nitrogens with one attached hydrogen (secondary N) is 1. The van der Waals surface area contributed by atoms with Crippen molar-refractivity contribution in [2.75, 3.05) is 13.7 Å². The van der Waals surface area contributed by atoms with Crippen molar-refractivity contribution < 1.29 is 19.1 Å². The zero-order chi connectivity index (χ0) is 17.5. The van der Waals surface area contributed by atoms with E-state index >= 15 is 0 Å². The summed E-state index contributed by atoms with van der Waals surface area (Å²) in [6.45, 7) is 0.0670. The Kier molecular flexibility index (Phi) is 6.03. The number of nitrogens with two attached hydrogens (primary N) is 1. The van der Waals surface area contributed by atoms with Crippen LogP contribution in [0.3, 0.4) is 0 Å². The third-order valence-corrected chi connectivity index (χ3v) is 3.43. The molecular formula is C17H17ClN2O4. The van der Waals surface area contributed by atoms with Crippen molar-refractivity contribution >= 4 is 23.4 Å². The smallest absolute Gasteiger partial charge is 0.258 e. The molecular weight excluding hydrogens is 332 g/mol. The average molecular weight is 349 g/mol. The molecule has 0 saturated heterocycles. The van der Waals surface area contributed by atoms with Crippen LogP contribution in [0, 0.1) is 0 Å². The molecule has 6 nitrogen and oxygen atoms in total. The van der Waals surface area contributed by atoms with Crippen molar-refractivity contribution in [3.63, 3.8) is 0 Å². The summed E-state index contributed by atoms with van der Waals surface area (Å²) in [6.07, 6.45) is 0. The minimum atomic E-state index is -0.646. The molecule has 0 saturated carbocycles. The lowest BCUT2D eigenvalue weighted by molar-refractivity contribution is -0.123. The molecule has 24 heavy (non-hydrogen) atoms. The van der Waals surface area contributed by atoms with Crippen LogP contribution < -0.4 is 20.5 Å². The minimum Gasteiger partial charge on any atom is -0.497 e. The van der Waals surface area contributed by atoms with Crippen molar-refractivity contribution in [3.05, 3.63) is 58.6 Å². The Morgan fingerprint density at radius 3 is 2.67 bits per heavy atom. The molecule has 126 valence electrons. The van der Waals surface area contributed by atoms with Gasteiger partial charge in [-0.1, -0.05) is 23.7 Å². The normalized spacial score (nSPS) is 10.1. The predicted octanol–water partition coefficient (Wildman–Crippen LogP) is 2.14. The number of benzene rings is 2. The van der Waals surface area contributed by atoms with E-state index in [1.165, 1.54) is 19.2 Å². The number of halogens is 1. The maximum Gasteiger partial charge on any atom is 0.258 e. The Morgan fingerprint density at radius 1 is 1.21 bits per heavy atom. The molecule has 0 aliphatic heterocycles. The van der Waals surface area contributed by atoms with Crippen molar-refractivity contribution in [2.45, 2.75) is 6.54 Å². The quantitative estimate of drug-likeness (QED) is 0.802. The van der Waals surface area contributed by atoms with E-state index in [1.807, 2.05) is 6.07 Å². The fourth-order valence-corrected chi connectivity index (χ4v) is 2.21. The van der Waals surface area contributed by atoms with Crippen LogP contribution >= 0.6 is 11.6 Å². The van der Waals surface area contributed by atoms with Gasteiger partial charge in [-0.25, -0.2) is 0 Å². The summed E-state index contributed by atoms with van der Waals surface area (Å²) in [7, 11) is 1.49. The first kappa shape index (κ1) is 17.6. The first-order chi connectivity index (χ1) is 11.5. The second-order valence-corrected chi connectivity index (χ2v) is 5.36. The molecule has 0 radical (unpaired) electrons. The van der Waals surface area contributed by atoms with Gasteiger partial charge in [0.1, 0.15) is 11.5 Å². The first-order valence-electron chi connectivity index (χ1n) is 7.11. The molecule has 0 unspecified atom stereocenters. The number of hydrogen-bond donors (Lipinski definition) is 2. The highest BCUT2D eigenvalue weighted by Crippen LogP contribution is 2.24. The molecule has 0 fully saturated rings. The highest BCUT2D eigenvalue weighted by atomic mass is 35.5. The maximum atomic E-state index is 11.9. The van der Waals surface area contributed by atoms with Crippen LogP contribution in [0.15, 0.2) is 42.5 Å². The van der Waals surface area contributed by atoms with E-state index in [0.717, 1.165) is 5.56 Å². The summed E-state index contributed by atoms with van der Waals surface area (Å²) in [6, 6.07) is 11.7. The molecule has 2 rings (SSSR count). The van der Waals surface area contributed by atoms with Crippen LogP contribution in [-0.2, 0) is 11.3 Å². The van der Waals surface area contributed by atoms with Crippen molar-refractivity contribution in [2.24, 2.45) is 5.73 Å². The number of carbonyl (C=O) groups is 2. The third-order valence-electron chi connectivity index (χ3n) is 3.19. The number of amides is 2. The molecule has 0 atom stereocenters. The largest absolute Gasteiger partial charge is 0.497 e. The SMILES string of the molecule is COc1ccc(C(N)=O)c(OCC(=O)NCc2cccc(Cl)c2)c1. The van der Waals surface area contributed by atoms with Crippen LogP contribution in [0.25, 0.3) is 0 Å². The van der Waals surface area contributed by atoms with Crippen LogP contribution in [0.2, 0.25) is 5.02 Å². The van der Waals surface area contributed by atoms with Gasteiger partial charge in [0.15, 0.2) is 6.61 Å². The van der Waals surface area contributed by atoms with Gasteiger partial charge in [0.25, 0.3) is 11.8 Å². The van der Waals surface area contributed by atoms with Gasteiger partial charge in [0.05, 0.1) is 12.7 Å². The number of hydrogen-bond acceptors (Lipinski definition) is 4. The van der Waals surface area contributed by atoms with Gasteiger partial charge in [-0.05, 0) is 29.8 Å². The van der Waals surface area contributed by atoms with Crippen molar-refractivity contribution in [3.8, 4) is 11.5 Å². The minimum absolute atomic E-state index is 0.179. The van der Waals surface area contributed by atoms with Crippen molar-refractivity contribution in [1.29, 1.82) is 0 Å². The summed E-state index contributed by atoms with van der Waals surface area (Å²) >= 11 is 5.88. The lowest BCUT2D eigenvalue weighted by Gasteiger charge is -2.11. The Hall–Kier alpha value is -2.73. The molecule has 0 spiro atoms. The van der Waals surface area contributed by atoms with Crippen LogP contribution in [0.4, 0.5) is 0 Å². The lowest BCUT2D eigenvalue weighted by Crippen LogP contribution is -2.28. The van der Waals surface area contributed by atoms with E-state index in [1.54, 1.807) is 24.3 Å². The lowest BCUT2D eigenvalue weighted by atomic mass is 10.2. The first-order valence-corrected chi connectivity index (χ1v) is 7.49. The highest BCUT2D eigenvalue weighted by Gasteiger charge is 2.12. The third kappa shape index (κ3) is 4.89. The predicted molar refractivity (Wildman–Crippen MR) is 90.3 cm³/mol. The van der Waals surface area contributed by atoms with Gasteiger partial charge in [-0.15, -0.1) is 0 Å². The molecule has 0 aliphatic rings. The molecule has 0 heterocycles. The topological polar surface area (TPSA) is 90.7 Å². The Balaban J connectivity index is 1.95. The summed E-state index contributed by atoms with van der Waals surface area (Å²) in [5.74, 6) is -0.297. The van der Waals surface area contributed by atoms with Crippen LogP contribution in [0.1, 0.15) is 15.9 Å². The monoisotopic (exact) mass is 348 g/mol. The summed E-state index contributed by atoms with van der Waals surface area (Å²) < 4.78 is 10.5. The van der Waals surface area contributed by atoms with E-state index in [-0.39, 0.29) is 23.8 Å². The number of methoxy groups -OCH3 is 1. The molecule has 2 aromatic rings. The van der Waals surface area contributed by atoms with Gasteiger partial charge in [0, 0.05) is 17.6 Å². The summed E-state index contributed by atoms with van der Waals surface area (Å²) in [5.41, 5.74) is 6.34. The van der Waals surface area contributed by atoms with Gasteiger partial charge in [-0.3, -0.25) is 9.59 Å². The fourth-order valence-electron chi connectivity index (χ4n) is 1.99. The standard InChI is InChI=1S/C17H17ClN2O4/c1-23-13-5-6-14(17(19)22)15(8-13)24-10-16(21)20-9-11-3-2-4-12(18)7-11/h2-8H,9-10H2,1H3,(H2,19,22)(H,20,21). The van der Waals surface area contributed by atoms with E-state index < -0.39 is 5.91 Å². The molecule has 0 aromatic heterocycles. The summed E-state index contributed by atoms with van der Waals surface area (Å²) in [5, 5.41) is 3.30. The molecule has 2 aromatic carbocycles. The number of primary amides is 1. The second-order valence-electron chi connectivity index (χ2n) is 4.92. The van der Waals surface area contributed by atoms with E-state index in [2.05, 4.69) is 5.32 Å². The maximum absolute atomic E-state index is 11.9. The highest BCUT2D eigenvalue weighted by molar-refractivity contribution is 6.30. The van der Waals surface area contributed by atoms with Crippen LogP contribution in [0.5, 0.6) is 11.5 Å².